The zero-order valence-electron chi connectivity index (χ0n) is 12.6. The lowest BCUT2D eigenvalue weighted by molar-refractivity contribution is -0.108. The highest BCUT2D eigenvalue weighted by molar-refractivity contribution is 5.48. The third-order valence-electron chi connectivity index (χ3n) is 4.65. The molecule has 2 nitrogen and oxygen atoms in total. The first-order valence-corrected chi connectivity index (χ1v) is 7.97. The van der Waals surface area contributed by atoms with Crippen molar-refractivity contribution in [2.45, 2.75) is 57.5 Å². The summed E-state index contributed by atoms with van der Waals surface area (Å²) in [5.41, 5.74) is 1.41. The van der Waals surface area contributed by atoms with E-state index in [9.17, 15) is 4.79 Å². The molecule has 1 aliphatic rings. The minimum atomic E-state index is 0.734. The van der Waals surface area contributed by atoms with Crippen LogP contribution < -0.4 is 0 Å². The van der Waals surface area contributed by atoms with E-state index in [1.165, 1.54) is 37.7 Å². The predicted octanol–water partition coefficient (Wildman–Crippen LogP) is 4.05. The summed E-state index contributed by atoms with van der Waals surface area (Å²) in [5, 5.41) is 0. The minimum absolute atomic E-state index is 0.734. The SMILES string of the molecule is CN(Cc1ccccc1)C1CCC(CCCC=O)CC1. The van der Waals surface area contributed by atoms with Gasteiger partial charge >= 0.3 is 0 Å². The number of benzene rings is 1. The lowest BCUT2D eigenvalue weighted by Gasteiger charge is -2.34. The molecule has 0 bridgehead atoms. The molecule has 1 aromatic carbocycles. The Morgan fingerprint density at radius 3 is 2.50 bits per heavy atom. The van der Waals surface area contributed by atoms with Crippen LogP contribution in [0.1, 0.15) is 50.5 Å². The van der Waals surface area contributed by atoms with E-state index in [0.29, 0.717) is 0 Å². The number of hydrogen-bond acceptors (Lipinski definition) is 2. The van der Waals surface area contributed by atoms with Crippen molar-refractivity contribution in [1.29, 1.82) is 0 Å². The lowest BCUT2D eigenvalue weighted by Crippen LogP contribution is -2.34. The number of aldehydes is 1. The normalized spacial score (nSPS) is 22.9. The monoisotopic (exact) mass is 273 g/mol. The van der Waals surface area contributed by atoms with Gasteiger partial charge in [-0.15, -0.1) is 0 Å². The van der Waals surface area contributed by atoms with E-state index >= 15 is 0 Å². The molecule has 1 saturated carbocycles. The highest BCUT2D eigenvalue weighted by Gasteiger charge is 2.23. The molecule has 1 fully saturated rings. The summed E-state index contributed by atoms with van der Waals surface area (Å²) in [6.07, 6.45) is 9.43. The average Bonchev–Trinajstić information content (AvgIpc) is 2.49. The standard InChI is InChI=1S/C18H27NO/c1-19(15-17-8-3-2-4-9-17)18-12-10-16(11-13-18)7-5-6-14-20/h2-4,8-9,14,16,18H,5-7,10-13,15H2,1H3. The van der Waals surface area contributed by atoms with E-state index in [1.54, 1.807) is 0 Å². The lowest BCUT2D eigenvalue weighted by atomic mass is 9.82. The summed E-state index contributed by atoms with van der Waals surface area (Å²) in [4.78, 5) is 12.9. The molecule has 0 unspecified atom stereocenters. The summed E-state index contributed by atoms with van der Waals surface area (Å²) in [5.74, 6) is 0.858. The second-order valence-corrected chi connectivity index (χ2v) is 6.17. The second kappa shape index (κ2) is 8.21. The number of carbonyl (C=O) groups is 1. The Bertz CT molecular complexity index is 382. The largest absolute Gasteiger partial charge is 0.303 e. The van der Waals surface area contributed by atoms with Gasteiger partial charge in [0.25, 0.3) is 0 Å². The molecule has 2 heteroatoms. The van der Waals surface area contributed by atoms with Crippen LogP contribution in [0.15, 0.2) is 30.3 Å². The van der Waals surface area contributed by atoms with Crippen molar-refractivity contribution < 1.29 is 4.79 Å². The van der Waals surface area contributed by atoms with Crippen LogP contribution in [0.5, 0.6) is 0 Å². The fraction of sp³-hybridized carbons (Fsp3) is 0.611. The first kappa shape index (κ1) is 15.2. The van der Waals surface area contributed by atoms with E-state index in [2.05, 4.69) is 42.3 Å². The molecule has 0 amide bonds. The van der Waals surface area contributed by atoms with Crippen LogP contribution in [0.2, 0.25) is 0 Å². The van der Waals surface area contributed by atoms with Gasteiger partial charge in [0.1, 0.15) is 6.29 Å². The van der Waals surface area contributed by atoms with Crippen LogP contribution in [0.4, 0.5) is 0 Å². The smallest absolute Gasteiger partial charge is 0.119 e. The van der Waals surface area contributed by atoms with Gasteiger partial charge in [-0.25, -0.2) is 0 Å². The molecule has 0 spiro atoms. The number of rotatable bonds is 7. The number of unbranched alkanes of at least 4 members (excludes halogenated alkanes) is 1. The summed E-state index contributed by atoms with van der Waals surface area (Å²) in [6.45, 7) is 1.06. The van der Waals surface area contributed by atoms with E-state index in [4.69, 9.17) is 0 Å². The molecule has 1 aromatic rings. The van der Waals surface area contributed by atoms with Crippen molar-refractivity contribution in [1.82, 2.24) is 4.90 Å². The van der Waals surface area contributed by atoms with Crippen LogP contribution in [0, 0.1) is 5.92 Å². The highest BCUT2D eigenvalue weighted by Crippen LogP contribution is 2.30. The van der Waals surface area contributed by atoms with E-state index in [1.807, 2.05) is 0 Å². The van der Waals surface area contributed by atoms with Crippen molar-refractivity contribution in [3.05, 3.63) is 35.9 Å². The van der Waals surface area contributed by atoms with Gasteiger partial charge in [-0.05, 0) is 50.6 Å². The van der Waals surface area contributed by atoms with Crippen molar-refractivity contribution in [3.63, 3.8) is 0 Å². The maximum Gasteiger partial charge on any atom is 0.119 e. The fourth-order valence-corrected chi connectivity index (χ4v) is 3.36. The molecular weight excluding hydrogens is 246 g/mol. The zero-order valence-corrected chi connectivity index (χ0v) is 12.6. The molecule has 1 aliphatic carbocycles. The number of carbonyl (C=O) groups excluding carboxylic acids is 1. The molecule has 2 rings (SSSR count). The predicted molar refractivity (Wildman–Crippen MR) is 83.6 cm³/mol. The molecule has 110 valence electrons. The van der Waals surface area contributed by atoms with Gasteiger partial charge in [-0.3, -0.25) is 4.90 Å². The van der Waals surface area contributed by atoms with Gasteiger partial charge in [0.05, 0.1) is 0 Å². The summed E-state index contributed by atoms with van der Waals surface area (Å²) >= 11 is 0. The van der Waals surface area contributed by atoms with Crippen molar-refractivity contribution in [2.75, 3.05) is 7.05 Å². The van der Waals surface area contributed by atoms with Gasteiger partial charge in [0, 0.05) is 19.0 Å². The first-order valence-electron chi connectivity index (χ1n) is 7.97. The molecule has 0 aliphatic heterocycles. The summed E-state index contributed by atoms with van der Waals surface area (Å²) < 4.78 is 0. The van der Waals surface area contributed by atoms with Gasteiger partial charge in [0.2, 0.25) is 0 Å². The van der Waals surface area contributed by atoms with Crippen molar-refractivity contribution >= 4 is 6.29 Å². The highest BCUT2D eigenvalue weighted by atomic mass is 16.1. The zero-order chi connectivity index (χ0) is 14.2. The van der Waals surface area contributed by atoms with Crippen LogP contribution in [0.25, 0.3) is 0 Å². The van der Waals surface area contributed by atoms with Gasteiger partial charge in [-0.2, -0.15) is 0 Å². The van der Waals surface area contributed by atoms with E-state index in [0.717, 1.165) is 37.6 Å². The molecular formula is C18H27NO. The minimum Gasteiger partial charge on any atom is -0.303 e. The Balaban J connectivity index is 1.71. The number of hydrogen-bond donors (Lipinski definition) is 0. The average molecular weight is 273 g/mol. The Morgan fingerprint density at radius 1 is 1.15 bits per heavy atom. The third-order valence-corrected chi connectivity index (χ3v) is 4.65. The van der Waals surface area contributed by atoms with Gasteiger partial charge in [0.15, 0.2) is 0 Å². The quantitative estimate of drug-likeness (QED) is 0.552. The molecule has 20 heavy (non-hydrogen) atoms. The second-order valence-electron chi connectivity index (χ2n) is 6.17. The topological polar surface area (TPSA) is 20.3 Å². The summed E-state index contributed by atoms with van der Waals surface area (Å²) in [6, 6.07) is 11.5. The maximum atomic E-state index is 10.4. The Labute approximate surface area is 123 Å². The van der Waals surface area contributed by atoms with Crippen LogP contribution >= 0.6 is 0 Å². The molecule has 0 radical (unpaired) electrons. The Hall–Kier alpha value is -1.15. The van der Waals surface area contributed by atoms with Crippen LogP contribution in [-0.4, -0.2) is 24.3 Å². The molecule has 0 N–H and O–H groups in total. The van der Waals surface area contributed by atoms with Crippen LogP contribution in [0.3, 0.4) is 0 Å². The fourth-order valence-electron chi connectivity index (χ4n) is 3.36. The van der Waals surface area contributed by atoms with E-state index < -0.39 is 0 Å². The molecule has 0 aromatic heterocycles. The Kier molecular flexibility index (Phi) is 6.25. The van der Waals surface area contributed by atoms with Gasteiger partial charge in [-0.1, -0.05) is 36.8 Å². The Morgan fingerprint density at radius 2 is 1.85 bits per heavy atom. The summed E-state index contributed by atoms with van der Waals surface area (Å²) in [7, 11) is 2.25. The number of nitrogens with zero attached hydrogens (tertiary/aromatic N) is 1. The van der Waals surface area contributed by atoms with Crippen LogP contribution in [-0.2, 0) is 11.3 Å². The molecule has 0 atom stereocenters. The molecule has 0 heterocycles. The van der Waals surface area contributed by atoms with Crippen molar-refractivity contribution in [3.8, 4) is 0 Å². The van der Waals surface area contributed by atoms with Crippen molar-refractivity contribution in [2.24, 2.45) is 5.92 Å². The van der Waals surface area contributed by atoms with E-state index in [-0.39, 0.29) is 0 Å². The maximum absolute atomic E-state index is 10.4. The van der Waals surface area contributed by atoms with Gasteiger partial charge < -0.3 is 4.79 Å². The third kappa shape index (κ3) is 4.75. The molecule has 0 saturated heterocycles. The first-order chi connectivity index (χ1) is 9.79.